The molecule has 2 aromatic carbocycles. The Labute approximate surface area is 171 Å². The fraction of sp³-hybridized carbons (Fsp3) is 0.238. The Kier molecular flexibility index (Phi) is 5.51. The molecule has 1 aliphatic rings. The van der Waals surface area contributed by atoms with Crippen LogP contribution in [-0.4, -0.2) is 42.4 Å². The van der Waals surface area contributed by atoms with E-state index in [0.29, 0.717) is 35.5 Å². The third kappa shape index (κ3) is 4.05. The van der Waals surface area contributed by atoms with Crippen molar-refractivity contribution in [1.82, 2.24) is 10.2 Å². The van der Waals surface area contributed by atoms with Crippen LogP contribution in [-0.2, 0) is 4.79 Å². The van der Waals surface area contributed by atoms with Crippen LogP contribution in [0.15, 0.2) is 54.9 Å². The van der Waals surface area contributed by atoms with Gasteiger partial charge in [0.05, 0.1) is 13.3 Å². The SMILES string of the molecule is COc1cccc(NC2CCN(c3ccc(-c4cn[nH]c4)c(OC(F)F)c3)C2=O)c1. The first-order valence-electron chi connectivity index (χ1n) is 9.35. The summed E-state index contributed by atoms with van der Waals surface area (Å²) in [4.78, 5) is 14.5. The van der Waals surface area contributed by atoms with Crippen molar-refractivity contribution >= 4 is 17.3 Å². The predicted molar refractivity (Wildman–Crippen MR) is 108 cm³/mol. The fourth-order valence-electron chi connectivity index (χ4n) is 3.49. The van der Waals surface area contributed by atoms with Crippen LogP contribution in [0.25, 0.3) is 11.1 Å². The largest absolute Gasteiger partial charge is 0.497 e. The summed E-state index contributed by atoms with van der Waals surface area (Å²) >= 11 is 0. The second kappa shape index (κ2) is 8.40. The Morgan fingerprint density at radius 3 is 2.87 bits per heavy atom. The third-order valence-electron chi connectivity index (χ3n) is 4.92. The van der Waals surface area contributed by atoms with E-state index in [0.717, 1.165) is 5.69 Å². The summed E-state index contributed by atoms with van der Waals surface area (Å²) in [6, 6.07) is 11.7. The first-order valence-corrected chi connectivity index (χ1v) is 9.35. The quantitative estimate of drug-likeness (QED) is 0.613. The minimum absolute atomic E-state index is 0.0131. The number of methoxy groups -OCH3 is 1. The number of halogens is 2. The van der Waals surface area contributed by atoms with Crippen LogP contribution in [0, 0.1) is 0 Å². The molecule has 156 valence electrons. The molecule has 4 rings (SSSR count). The number of hydrogen-bond acceptors (Lipinski definition) is 5. The molecule has 7 nitrogen and oxygen atoms in total. The van der Waals surface area contributed by atoms with Gasteiger partial charge in [0.1, 0.15) is 17.5 Å². The van der Waals surface area contributed by atoms with Gasteiger partial charge < -0.3 is 19.7 Å². The van der Waals surface area contributed by atoms with Crippen LogP contribution in [0.2, 0.25) is 0 Å². The molecule has 0 bridgehead atoms. The molecule has 9 heteroatoms. The van der Waals surface area contributed by atoms with Crippen molar-refractivity contribution in [2.45, 2.75) is 19.1 Å². The van der Waals surface area contributed by atoms with Gasteiger partial charge >= 0.3 is 6.61 Å². The van der Waals surface area contributed by atoms with E-state index in [4.69, 9.17) is 9.47 Å². The molecule has 1 unspecified atom stereocenters. The van der Waals surface area contributed by atoms with Crippen LogP contribution in [0.1, 0.15) is 6.42 Å². The highest BCUT2D eigenvalue weighted by atomic mass is 19.3. The van der Waals surface area contributed by atoms with E-state index >= 15 is 0 Å². The summed E-state index contributed by atoms with van der Waals surface area (Å²) < 4.78 is 35.8. The fourth-order valence-corrected chi connectivity index (χ4v) is 3.49. The number of nitrogens with one attached hydrogen (secondary N) is 2. The maximum atomic E-state index is 12.9. The number of rotatable bonds is 7. The molecular weight excluding hydrogens is 394 g/mol. The van der Waals surface area contributed by atoms with Crippen LogP contribution in [0.3, 0.4) is 0 Å². The second-order valence-electron chi connectivity index (χ2n) is 6.75. The highest BCUT2D eigenvalue weighted by Crippen LogP contribution is 2.36. The molecule has 0 saturated carbocycles. The van der Waals surface area contributed by atoms with Crippen molar-refractivity contribution in [2.75, 3.05) is 23.9 Å². The number of aromatic amines is 1. The van der Waals surface area contributed by atoms with Gasteiger partial charge in [-0.25, -0.2) is 0 Å². The molecular formula is C21H20F2N4O3. The van der Waals surface area contributed by atoms with E-state index in [2.05, 4.69) is 15.5 Å². The van der Waals surface area contributed by atoms with Gasteiger partial charge in [-0.05, 0) is 30.7 Å². The lowest BCUT2D eigenvalue weighted by atomic mass is 10.1. The molecule has 1 amide bonds. The normalized spacial score (nSPS) is 16.2. The number of nitrogens with zero attached hydrogens (tertiary/aromatic N) is 2. The van der Waals surface area contributed by atoms with E-state index in [9.17, 15) is 13.6 Å². The minimum Gasteiger partial charge on any atom is -0.497 e. The predicted octanol–water partition coefficient (Wildman–Crippen LogP) is 3.90. The molecule has 2 heterocycles. The summed E-state index contributed by atoms with van der Waals surface area (Å²) in [6.45, 7) is -2.53. The van der Waals surface area contributed by atoms with Gasteiger partial charge in [0, 0.05) is 47.4 Å². The topological polar surface area (TPSA) is 79.5 Å². The summed E-state index contributed by atoms with van der Waals surface area (Å²) in [6.07, 6.45) is 3.68. The highest BCUT2D eigenvalue weighted by Gasteiger charge is 2.33. The van der Waals surface area contributed by atoms with Crippen molar-refractivity contribution in [3.05, 3.63) is 54.9 Å². The zero-order valence-electron chi connectivity index (χ0n) is 16.1. The molecule has 3 aromatic rings. The summed E-state index contributed by atoms with van der Waals surface area (Å²) in [5.74, 6) is 0.531. The van der Waals surface area contributed by atoms with E-state index < -0.39 is 12.7 Å². The van der Waals surface area contributed by atoms with Gasteiger partial charge in [0.2, 0.25) is 5.91 Å². The number of amides is 1. The van der Waals surface area contributed by atoms with Crippen molar-refractivity contribution in [1.29, 1.82) is 0 Å². The molecule has 1 aromatic heterocycles. The smallest absolute Gasteiger partial charge is 0.387 e. The number of hydrogen-bond donors (Lipinski definition) is 2. The number of ether oxygens (including phenoxy) is 2. The number of benzene rings is 2. The highest BCUT2D eigenvalue weighted by molar-refractivity contribution is 6.01. The number of carbonyl (C=O) groups is 1. The Balaban J connectivity index is 1.55. The van der Waals surface area contributed by atoms with Crippen LogP contribution in [0.5, 0.6) is 11.5 Å². The monoisotopic (exact) mass is 414 g/mol. The minimum atomic E-state index is -2.98. The number of alkyl halides is 2. The van der Waals surface area contributed by atoms with Crippen LogP contribution < -0.4 is 19.7 Å². The maximum Gasteiger partial charge on any atom is 0.387 e. The average molecular weight is 414 g/mol. The summed E-state index contributed by atoms with van der Waals surface area (Å²) in [7, 11) is 1.58. The van der Waals surface area contributed by atoms with E-state index in [1.54, 1.807) is 30.3 Å². The Bertz CT molecular complexity index is 1030. The second-order valence-corrected chi connectivity index (χ2v) is 6.75. The lowest BCUT2D eigenvalue weighted by Crippen LogP contribution is -2.33. The Morgan fingerprint density at radius 2 is 2.13 bits per heavy atom. The van der Waals surface area contributed by atoms with Gasteiger partial charge in [0.15, 0.2) is 0 Å². The number of anilines is 2. The standard InChI is InChI=1S/C21H20F2N4O3/c1-29-16-4-2-3-14(9-16)26-18-7-8-27(20(18)28)15-5-6-17(13-11-24-25-12-13)19(10-15)30-21(22)23/h2-6,9-12,18,21,26H,7-8H2,1H3,(H,24,25). The molecule has 1 saturated heterocycles. The van der Waals surface area contributed by atoms with Crippen molar-refractivity contribution < 1.29 is 23.0 Å². The van der Waals surface area contributed by atoms with Gasteiger partial charge in [-0.3, -0.25) is 9.89 Å². The lowest BCUT2D eigenvalue weighted by molar-refractivity contribution is -0.117. The average Bonchev–Trinajstić information content (AvgIpc) is 3.38. The summed E-state index contributed by atoms with van der Waals surface area (Å²) in [5, 5.41) is 9.70. The molecule has 2 N–H and O–H groups in total. The van der Waals surface area contributed by atoms with Gasteiger partial charge in [0.25, 0.3) is 0 Å². The summed E-state index contributed by atoms with van der Waals surface area (Å²) in [5.41, 5.74) is 2.34. The maximum absolute atomic E-state index is 12.9. The molecule has 30 heavy (non-hydrogen) atoms. The number of H-pyrrole nitrogens is 1. The number of aromatic nitrogens is 2. The van der Waals surface area contributed by atoms with Crippen molar-refractivity contribution in [3.63, 3.8) is 0 Å². The van der Waals surface area contributed by atoms with Crippen LogP contribution in [0.4, 0.5) is 20.2 Å². The molecule has 1 fully saturated rings. The van der Waals surface area contributed by atoms with E-state index in [1.807, 2.05) is 24.3 Å². The Hall–Kier alpha value is -3.62. The first kappa shape index (κ1) is 19.7. The van der Waals surface area contributed by atoms with Gasteiger partial charge in [-0.1, -0.05) is 6.07 Å². The number of carbonyl (C=O) groups excluding carboxylic acids is 1. The zero-order chi connectivity index (χ0) is 21.1. The van der Waals surface area contributed by atoms with Gasteiger partial charge in [-0.2, -0.15) is 13.9 Å². The van der Waals surface area contributed by atoms with Crippen LogP contribution >= 0.6 is 0 Å². The first-order chi connectivity index (χ1) is 14.5. The van der Waals surface area contributed by atoms with Crippen molar-refractivity contribution in [2.24, 2.45) is 0 Å². The molecule has 1 atom stereocenters. The molecule has 0 spiro atoms. The van der Waals surface area contributed by atoms with E-state index in [-0.39, 0.29) is 11.7 Å². The molecule has 0 radical (unpaired) electrons. The van der Waals surface area contributed by atoms with Gasteiger partial charge in [-0.15, -0.1) is 0 Å². The van der Waals surface area contributed by atoms with Crippen molar-refractivity contribution in [3.8, 4) is 22.6 Å². The molecule has 0 aliphatic carbocycles. The lowest BCUT2D eigenvalue weighted by Gasteiger charge is -2.20. The molecule has 1 aliphatic heterocycles. The third-order valence-corrected chi connectivity index (χ3v) is 4.92. The Morgan fingerprint density at radius 1 is 1.27 bits per heavy atom. The van der Waals surface area contributed by atoms with E-state index in [1.165, 1.54) is 12.3 Å². The zero-order valence-corrected chi connectivity index (χ0v) is 16.1.